The van der Waals surface area contributed by atoms with E-state index >= 15 is 0 Å². The van der Waals surface area contributed by atoms with Gasteiger partial charge in [0.05, 0.1) is 12.2 Å². The Morgan fingerprint density at radius 2 is 1.83 bits per heavy atom. The third-order valence-corrected chi connectivity index (χ3v) is 5.01. The van der Waals surface area contributed by atoms with Crippen molar-refractivity contribution in [1.82, 2.24) is 4.98 Å². The van der Waals surface area contributed by atoms with Crippen molar-refractivity contribution in [1.29, 1.82) is 0 Å². The molecule has 0 atom stereocenters. The predicted octanol–water partition coefficient (Wildman–Crippen LogP) is 5.77. The number of hydrogen-bond donors (Lipinski definition) is 1. The lowest BCUT2D eigenvalue weighted by Gasteiger charge is -2.20. The highest BCUT2D eigenvalue weighted by atomic mass is 16.5. The number of carboxylic acid groups (broad SMARTS) is 1. The van der Waals surface area contributed by atoms with E-state index in [1.807, 2.05) is 24.3 Å². The van der Waals surface area contributed by atoms with Gasteiger partial charge in [0.15, 0.2) is 5.58 Å². The number of carbonyl (C=O) groups is 1. The first-order valence-corrected chi connectivity index (χ1v) is 10.7. The molecule has 6 heteroatoms. The highest BCUT2D eigenvalue weighted by molar-refractivity contribution is 5.88. The van der Waals surface area contributed by atoms with Crippen LogP contribution in [0.3, 0.4) is 0 Å². The Bertz CT molecular complexity index is 905. The van der Waals surface area contributed by atoms with Gasteiger partial charge in [0.1, 0.15) is 11.3 Å². The average molecular weight is 411 g/mol. The number of hydrogen-bond acceptors (Lipinski definition) is 5. The van der Waals surface area contributed by atoms with E-state index in [0.717, 1.165) is 37.0 Å². The van der Waals surface area contributed by atoms with Crippen LogP contribution >= 0.6 is 0 Å². The van der Waals surface area contributed by atoms with E-state index < -0.39 is 5.97 Å². The predicted molar refractivity (Wildman–Crippen MR) is 118 cm³/mol. The SMILES string of the molecule is CCCCCCCN(CCCOc1cccc(C(=O)O)c1)c1nc2ccccc2o1. The Hall–Kier alpha value is -3.02. The Kier molecular flexibility index (Phi) is 8.12. The van der Waals surface area contributed by atoms with Crippen molar-refractivity contribution in [2.75, 3.05) is 24.6 Å². The van der Waals surface area contributed by atoms with E-state index in [2.05, 4.69) is 16.8 Å². The summed E-state index contributed by atoms with van der Waals surface area (Å²) in [5.74, 6) is -0.381. The number of aromatic carboxylic acids is 1. The topological polar surface area (TPSA) is 75.8 Å². The Morgan fingerprint density at radius 3 is 2.63 bits per heavy atom. The van der Waals surface area contributed by atoms with Crippen LogP contribution in [0.15, 0.2) is 52.9 Å². The van der Waals surface area contributed by atoms with E-state index in [9.17, 15) is 4.79 Å². The molecule has 0 saturated heterocycles. The number of nitrogens with zero attached hydrogens (tertiary/aromatic N) is 2. The summed E-state index contributed by atoms with van der Waals surface area (Å²) >= 11 is 0. The number of ether oxygens (including phenoxy) is 1. The number of para-hydroxylation sites is 2. The van der Waals surface area contributed by atoms with Gasteiger partial charge in [0.2, 0.25) is 0 Å². The minimum absolute atomic E-state index is 0.229. The molecule has 0 amide bonds. The lowest BCUT2D eigenvalue weighted by molar-refractivity contribution is 0.0696. The standard InChI is InChI=1S/C24H30N2O4/c1-2-3-4-5-8-15-26(24-25-21-13-6-7-14-22(21)30-24)16-10-17-29-20-12-9-11-19(18-20)23(27)28/h6-7,9,11-14,18H,2-5,8,10,15-17H2,1H3,(H,27,28). The van der Waals surface area contributed by atoms with Crippen molar-refractivity contribution < 1.29 is 19.1 Å². The van der Waals surface area contributed by atoms with E-state index in [-0.39, 0.29) is 5.56 Å². The van der Waals surface area contributed by atoms with Crippen LogP contribution in [0.25, 0.3) is 11.1 Å². The average Bonchev–Trinajstić information content (AvgIpc) is 3.19. The summed E-state index contributed by atoms with van der Waals surface area (Å²) in [6.07, 6.45) is 6.83. The molecule has 0 radical (unpaired) electrons. The van der Waals surface area contributed by atoms with Gasteiger partial charge >= 0.3 is 5.97 Å². The van der Waals surface area contributed by atoms with E-state index in [4.69, 9.17) is 14.3 Å². The summed E-state index contributed by atoms with van der Waals surface area (Å²) in [6.45, 7) is 4.37. The van der Waals surface area contributed by atoms with Gasteiger partial charge in [-0.3, -0.25) is 0 Å². The molecule has 0 fully saturated rings. The van der Waals surface area contributed by atoms with Crippen LogP contribution in [0.1, 0.15) is 55.8 Å². The fraction of sp³-hybridized carbons (Fsp3) is 0.417. The fourth-order valence-corrected chi connectivity index (χ4v) is 3.37. The summed E-state index contributed by atoms with van der Waals surface area (Å²) in [6, 6.07) is 15.0. The third kappa shape index (κ3) is 6.24. The largest absolute Gasteiger partial charge is 0.494 e. The van der Waals surface area contributed by atoms with Crippen molar-refractivity contribution in [3.8, 4) is 5.75 Å². The molecular formula is C24H30N2O4. The van der Waals surface area contributed by atoms with Crippen molar-refractivity contribution in [2.24, 2.45) is 0 Å². The molecule has 0 bridgehead atoms. The molecule has 1 heterocycles. The van der Waals surface area contributed by atoms with Crippen LogP contribution in [0.2, 0.25) is 0 Å². The van der Waals surface area contributed by atoms with Crippen molar-refractivity contribution in [2.45, 2.75) is 45.4 Å². The minimum atomic E-state index is -0.953. The molecule has 0 spiro atoms. The number of benzene rings is 2. The maximum atomic E-state index is 11.1. The van der Waals surface area contributed by atoms with E-state index in [1.54, 1.807) is 24.3 Å². The molecule has 1 N–H and O–H groups in total. The number of rotatable bonds is 13. The zero-order valence-corrected chi connectivity index (χ0v) is 17.5. The van der Waals surface area contributed by atoms with Crippen LogP contribution in [0, 0.1) is 0 Å². The van der Waals surface area contributed by atoms with E-state index in [1.165, 1.54) is 25.7 Å². The molecule has 30 heavy (non-hydrogen) atoms. The van der Waals surface area contributed by atoms with Gasteiger partial charge in [-0.15, -0.1) is 0 Å². The Morgan fingerprint density at radius 1 is 1.03 bits per heavy atom. The Balaban J connectivity index is 1.56. The molecule has 6 nitrogen and oxygen atoms in total. The zero-order chi connectivity index (χ0) is 21.2. The molecule has 0 aliphatic heterocycles. The maximum absolute atomic E-state index is 11.1. The normalized spacial score (nSPS) is 11.0. The molecule has 0 aliphatic carbocycles. The molecule has 2 aromatic carbocycles. The fourth-order valence-electron chi connectivity index (χ4n) is 3.37. The monoisotopic (exact) mass is 410 g/mol. The first-order chi connectivity index (χ1) is 14.7. The van der Waals surface area contributed by atoms with Gasteiger partial charge in [-0.1, -0.05) is 50.8 Å². The number of anilines is 1. The van der Waals surface area contributed by atoms with E-state index in [0.29, 0.717) is 18.4 Å². The second kappa shape index (κ2) is 11.2. The summed E-state index contributed by atoms with van der Waals surface area (Å²) in [4.78, 5) is 17.9. The first-order valence-electron chi connectivity index (χ1n) is 10.7. The lowest BCUT2D eigenvalue weighted by Crippen LogP contribution is -2.27. The highest BCUT2D eigenvalue weighted by Crippen LogP contribution is 2.22. The van der Waals surface area contributed by atoms with Crippen LogP contribution in [0.5, 0.6) is 5.75 Å². The minimum Gasteiger partial charge on any atom is -0.494 e. The molecule has 3 rings (SSSR count). The number of oxazole rings is 1. The quantitative estimate of drug-likeness (QED) is 0.360. The van der Waals surface area contributed by atoms with Gasteiger partial charge in [-0.2, -0.15) is 4.98 Å². The van der Waals surface area contributed by atoms with Crippen molar-refractivity contribution in [3.05, 3.63) is 54.1 Å². The molecule has 160 valence electrons. The van der Waals surface area contributed by atoms with Crippen LogP contribution in [-0.2, 0) is 0 Å². The number of unbranched alkanes of at least 4 members (excludes halogenated alkanes) is 4. The number of fused-ring (bicyclic) bond motifs is 1. The summed E-state index contributed by atoms with van der Waals surface area (Å²) in [5.41, 5.74) is 1.89. The van der Waals surface area contributed by atoms with Crippen molar-refractivity contribution in [3.63, 3.8) is 0 Å². The zero-order valence-electron chi connectivity index (χ0n) is 17.5. The lowest BCUT2D eigenvalue weighted by atomic mass is 10.1. The van der Waals surface area contributed by atoms with Gasteiger partial charge in [0, 0.05) is 13.1 Å². The summed E-state index contributed by atoms with van der Waals surface area (Å²) < 4.78 is 11.7. The second-order valence-electron chi connectivity index (χ2n) is 7.40. The summed E-state index contributed by atoms with van der Waals surface area (Å²) in [7, 11) is 0. The van der Waals surface area contributed by atoms with Gasteiger partial charge in [-0.25, -0.2) is 4.79 Å². The van der Waals surface area contributed by atoms with Gasteiger partial charge in [-0.05, 0) is 43.2 Å². The van der Waals surface area contributed by atoms with Crippen LogP contribution in [0.4, 0.5) is 6.01 Å². The maximum Gasteiger partial charge on any atom is 0.335 e. The first kappa shape index (κ1) is 21.7. The third-order valence-electron chi connectivity index (χ3n) is 5.01. The summed E-state index contributed by atoms with van der Waals surface area (Å²) in [5, 5.41) is 9.10. The van der Waals surface area contributed by atoms with Gasteiger partial charge < -0.3 is 19.2 Å². The van der Waals surface area contributed by atoms with Crippen molar-refractivity contribution >= 4 is 23.1 Å². The Labute approximate surface area is 177 Å². The molecule has 3 aromatic rings. The second-order valence-corrected chi connectivity index (χ2v) is 7.40. The molecule has 0 aliphatic rings. The number of aromatic nitrogens is 1. The molecule has 0 saturated carbocycles. The van der Waals surface area contributed by atoms with Gasteiger partial charge in [0.25, 0.3) is 6.01 Å². The van der Waals surface area contributed by atoms with Crippen LogP contribution in [-0.4, -0.2) is 35.8 Å². The number of carboxylic acids is 1. The molecule has 0 unspecified atom stereocenters. The highest BCUT2D eigenvalue weighted by Gasteiger charge is 2.14. The van der Waals surface area contributed by atoms with Crippen LogP contribution < -0.4 is 9.64 Å². The smallest absolute Gasteiger partial charge is 0.335 e. The molecular weight excluding hydrogens is 380 g/mol. The molecule has 1 aromatic heterocycles.